The molecular weight excluding hydrogens is 776 g/mol. The number of rotatable bonds is 16. The Hall–Kier alpha value is -5.02. The van der Waals surface area contributed by atoms with Crippen LogP contribution in [0.3, 0.4) is 0 Å². The van der Waals surface area contributed by atoms with Gasteiger partial charge in [0.05, 0.1) is 29.5 Å². The molecule has 0 N–H and O–H groups in total. The first-order valence-electron chi connectivity index (χ1n) is 20.4. The average molecular weight is 835 g/mol. The van der Waals surface area contributed by atoms with E-state index in [-0.39, 0.29) is 28.5 Å². The largest absolute Gasteiger partial charge is 0.457 e. The summed E-state index contributed by atoms with van der Waals surface area (Å²) in [6.07, 6.45) is 0.836. The predicted octanol–water partition coefficient (Wildman–Crippen LogP) is 7.94. The molecule has 0 aliphatic carbocycles. The summed E-state index contributed by atoms with van der Waals surface area (Å²) >= 11 is 0. The van der Waals surface area contributed by atoms with Gasteiger partial charge in [0.25, 0.3) is 0 Å². The quantitative estimate of drug-likeness (QED) is 0.0280. The number of β-lactam (4-membered cyclic amide) rings is 1. The zero-order chi connectivity index (χ0) is 43.1. The molecule has 4 atom stereocenters. The minimum atomic E-state index is -3.29. The number of amides is 1. The number of likely N-dealkylation sites (tertiary alicyclic amines) is 1. The van der Waals surface area contributed by atoms with E-state index in [1.54, 1.807) is 19.1 Å². The summed E-state index contributed by atoms with van der Waals surface area (Å²) in [6.45, 7) is 20.2. The minimum absolute atomic E-state index is 0.110. The smallest absolute Gasteiger partial charge is 0.356 e. The van der Waals surface area contributed by atoms with Crippen molar-refractivity contribution in [1.82, 2.24) is 4.90 Å². The van der Waals surface area contributed by atoms with Gasteiger partial charge in [-0.1, -0.05) is 124 Å². The number of hydrogen-bond donors (Lipinski definition) is 0. The fourth-order valence-electron chi connectivity index (χ4n) is 7.65. The third kappa shape index (κ3) is 9.10. The molecule has 0 aromatic heterocycles. The van der Waals surface area contributed by atoms with Crippen molar-refractivity contribution in [2.24, 2.45) is 11.8 Å². The van der Waals surface area contributed by atoms with Gasteiger partial charge in [-0.25, -0.2) is 9.59 Å². The molecule has 59 heavy (non-hydrogen) atoms. The van der Waals surface area contributed by atoms with Gasteiger partial charge < -0.3 is 23.7 Å². The number of benzene rings is 4. The molecular formula is C48H59N2O7PSi. The summed E-state index contributed by atoms with van der Waals surface area (Å²) in [5.41, 5.74) is 1.28. The number of anilines is 1. The van der Waals surface area contributed by atoms with E-state index in [1.807, 2.05) is 110 Å². The van der Waals surface area contributed by atoms with Crippen LogP contribution in [-0.4, -0.2) is 74.3 Å². The standard InChI is InChI=1S/C48H59N2O7PSi/c1-11-33-55-47(54)44(58(38-23-17-14-18-24-38,39-25-19-15-20-26-39)40-27-21-16-22-28-40)50-42(41(43(50)51)35(5)57-59(9,10)48(6,7)8)34(4)45(52)56-46(53)36-29-31-37(32-30-36)49(12-2)13-3/h11,14-32,34-35,41-42H,1,12-13,33H2,2-10H3/t34-,35-,41-,42+/m1/s1. The Labute approximate surface area is 351 Å². The fraction of sp³-hybridized carbons (Fsp3) is 0.354. The third-order valence-corrected chi connectivity index (χ3v) is 20.6. The highest BCUT2D eigenvalue weighted by atomic mass is 31.2. The van der Waals surface area contributed by atoms with E-state index in [9.17, 15) is 9.59 Å². The van der Waals surface area contributed by atoms with Crippen LogP contribution in [0.5, 0.6) is 0 Å². The molecule has 0 saturated carbocycles. The Morgan fingerprint density at radius 2 is 1.29 bits per heavy atom. The van der Waals surface area contributed by atoms with Crippen LogP contribution in [0.15, 0.2) is 128 Å². The van der Waals surface area contributed by atoms with Gasteiger partial charge in [-0.15, -0.1) is 0 Å². The molecule has 1 aliphatic heterocycles. The molecule has 4 aromatic carbocycles. The first-order valence-corrected chi connectivity index (χ1v) is 25.1. The molecule has 4 aromatic rings. The molecule has 0 spiro atoms. The number of esters is 3. The fourth-order valence-corrected chi connectivity index (χ4v) is 13.5. The van der Waals surface area contributed by atoms with Crippen LogP contribution in [0, 0.1) is 11.8 Å². The van der Waals surface area contributed by atoms with Gasteiger partial charge >= 0.3 is 17.9 Å². The highest BCUT2D eigenvalue weighted by Gasteiger charge is 2.60. The maximum Gasteiger partial charge on any atom is 0.356 e. The molecule has 0 radical (unpaired) electrons. The molecule has 1 amide bonds. The molecule has 1 saturated heterocycles. The monoisotopic (exact) mass is 834 g/mol. The lowest BCUT2D eigenvalue weighted by atomic mass is 9.76. The molecule has 11 heteroatoms. The topological polar surface area (TPSA) is 102 Å². The van der Waals surface area contributed by atoms with Crippen LogP contribution < -0.4 is 20.8 Å². The lowest BCUT2D eigenvalue weighted by Gasteiger charge is -2.54. The van der Waals surface area contributed by atoms with E-state index in [4.69, 9.17) is 13.9 Å². The summed E-state index contributed by atoms with van der Waals surface area (Å²) in [5, 5.41) is 2.24. The van der Waals surface area contributed by atoms with Crippen molar-refractivity contribution >= 4 is 66.0 Å². The van der Waals surface area contributed by atoms with Crippen molar-refractivity contribution in [1.29, 1.82) is 0 Å². The van der Waals surface area contributed by atoms with E-state index in [2.05, 4.69) is 59.2 Å². The summed E-state index contributed by atoms with van der Waals surface area (Å²) in [6, 6.07) is 35.0. The second kappa shape index (κ2) is 18.9. The first kappa shape index (κ1) is 45.1. The van der Waals surface area contributed by atoms with E-state index in [1.165, 1.54) is 11.0 Å². The Kier molecular flexibility index (Phi) is 14.5. The number of carbonyl (C=O) groups excluding carboxylic acids is 4. The zero-order valence-electron chi connectivity index (χ0n) is 35.9. The lowest BCUT2D eigenvalue weighted by Crippen LogP contribution is -2.71. The minimum Gasteiger partial charge on any atom is -0.457 e. The van der Waals surface area contributed by atoms with Gasteiger partial charge in [-0.3, -0.25) is 9.59 Å². The van der Waals surface area contributed by atoms with E-state index in [0.717, 1.165) is 34.7 Å². The van der Waals surface area contributed by atoms with Crippen LogP contribution >= 0.6 is 6.89 Å². The van der Waals surface area contributed by atoms with Crippen molar-refractivity contribution in [2.75, 3.05) is 24.6 Å². The average Bonchev–Trinajstić information content (AvgIpc) is 3.22. The van der Waals surface area contributed by atoms with Crippen LogP contribution in [0.2, 0.25) is 18.1 Å². The Morgan fingerprint density at radius 1 is 0.814 bits per heavy atom. The van der Waals surface area contributed by atoms with Crippen LogP contribution in [0.1, 0.15) is 58.8 Å². The number of ether oxygens (including phenoxy) is 2. The van der Waals surface area contributed by atoms with Crippen molar-refractivity contribution in [3.05, 3.63) is 133 Å². The molecule has 1 aliphatic rings. The van der Waals surface area contributed by atoms with E-state index >= 15 is 9.59 Å². The molecule has 1 heterocycles. The number of carbonyl (C=O) groups is 4. The van der Waals surface area contributed by atoms with Crippen molar-refractivity contribution in [3.63, 3.8) is 0 Å². The second-order valence-corrected chi connectivity index (χ2v) is 24.5. The predicted molar refractivity (Wildman–Crippen MR) is 243 cm³/mol. The third-order valence-electron chi connectivity index (χ3n) is 11.8. The lowest BCUT2D eigenvalue weighted by molar-refractivity contribution is -0.165. The van der Waals surface area contributed by atoms with Crippen molar-refractivity contribution in [3.8, 4) is 0 Å². The molecule has 1 fully saturated rings. The van der Waals surface area contributed by atoms with Gasteiger partial charge in [0, 0.05) is 25.7 Å². The maximum atomic E-state index is 15.2. The van der Waals surface area contributed by atoms with Gasteiger partial charge in [0.2, 0.25) is 5.91 Å². The zero-order valence-corrected chi connectivity index (χ0v) is 37.8. The van der Waals surface area contributed by atoms with Crippen LogP contribution in [0.4, 0.5) is 5.69 Å². The second-order valence-electron chi connectivity index (χ2n) is 16.4. The number of nitrogens with zero attached hydrogens (tertiary/aromatic N) is 2. The van der Waals surface area contributed by atoms with Crippen molar-refractivity contribution in [2.45, 2.75) is 78.7 Å². The van der Waals surface area contributed by atoms with Crippen LogP contribution in [0.25, 0.3) is 0 Å². The number of hydrogen-bond acceptors (Lipinski definition) is 8. The molecule has 0 unspecified atom stereocenters. The summed E-state index contributed by atoms with van der Waals surface area (Å²) in [5.74, 6) is -4.65. The SMILES string of the molecule is C=CCOC(=O)C(N1C(=O)[C@H]([C@@H](C)O[Si](C)(C)C(C)(C)C)[C@@H]1[C@@H](C)C(=O)OC(=O)c1ccc(N(CC)CC)cc1)=P(c1ccccc1)(c1ccccc1)c1ccccc1. The maximum absolute atomic E-state index is 15.2. The van der Waals surface area contributed by atoms with E-state index < -0.39 is 57.1 Å². The van der Waals surface area contributed by atoms with Crippen molar-refractivity contribution < 1.29 is 33.1 Å². The highest BCUT2D eigenvalue weighted by Crippen LogP contribution is 2.51. The van der Waals surface area contributed by atoms with Gasteiger partial charge in [0.1, 0.15) is 12.0 Å². The molecule has 5 rings (SSSR count). The van der Waals surface area contributed by atoms with Gasteiger partial charge in [-0.05, 0) is 86.0 Å². The normalized spacial score (nSPS) is 16.6. The Bertz CT molecular complexity index is 2060. The summed E-state index contributed by atoms with van der Waals surface area (Å²) in [4.78, 5) is 61.8. The Morgan fingerprint density at radius 3 is 1.71 bits per heavy atom. The highest BCUT2D eigenvalue weighted by molar-refractivity contribution is 7.96. The molecule has 312 valence electrons. The molecule has 0 bridgehead atoms. The summed E-state index contributed by atoms with van der Waals surface area (Å²) < 4.78 is 18.4. The Balaban J connectivity index is 1.75. The summed E-state index contributed by atoms with van der Waals surface area (Å²) in [7, 11) is -2.45. The van der Waals surface area contributed by atoms with E-state index in [0.29, 0.717) is 0 Å². The van der Waals surface area contributed by atoms with Gasteiger partial charge in [0.15, 0.2) is 8.32 Å². The molecule has 9 nitrogen and oxygen atoms in total. The first-order chi connectivity index (χ1) is 28.0. The van der Waals surface area contributed by atoms with Crippen LogP contribution in [-0.2, 0) is 28.3 Å². The van der Waals surface area contributed by atoms with Gasteiger partial charge in [-0.2, -0.15) is 0 Å².